The van der Waals surface area contributed by atoms with Crippen molar-refractivity contribution in [3.63, 3.8) is 0 Å². The lowest BCUT2D eigenvalue weighted by molar-refractivity contribution is -0.171. The van der Waals surface area contributed by atoms with Gasteiger partial charge < -0.3 is 9.15 Å². The molecule has 0 saturated heterocycles. The Morgan fingerprint density at radius 3 is 2.12 bits per heavy atom. The number of rotatable bonds is 13. The SMILES string of the molecule is CCCCCc1ccc(-c2cc3ccc(SCC(COC(=O)C(C)(CC(C)(C)C)C(C)(C)C)CC(F)(F)F)cc3oc2=O)c(C(F)(F)F)c1. The van der Waals surface area contributed by atoms with E-state index in [0.717, 1.165) is 37.1 Å². The van der Waals surface area contributed by atoms with Crippen molar-refractivity contribution in [2.45, 2.75) is 111 Å². The minimum Gasteiger partial charge on any atom is -0.465 e. The van der Waals surface area contributed by atoms with Gasteiger partial charge in [-0.1, -0.05) is 79.5 Å². The third-order valence-electron chi connectivity index (χ3n) is 8.90. The molecule has 0 spiro atoms. The van der Waals surface area contributed by atoms with Gasteiger partial charge in [0.25, 0.3) is 0 Å². The summed E-state index contributed by atoms with van der Waals surface area (Å²) in [6.07, 6.45) is -6.81. The molecule has 1 aromatic heterocycles. The molecule has 2 unspecified atom stereocenters. The van der Waals surface area contributed by atoms with Crippen LogP contribution in [0.1, 0.15) is 98.6 Å². The van der Waals surface area contributed by atoms with E-state index in [4.69, 9.17) is 9.15 Å². The van der Waals surface area contributed by atoms with Crippen LogP contribution in [-0.4, -0.2) is 24.5 Å². The van der Waals surface area contributed by atoms with Crippen molar-refractivity contribution in [3.05, 3.63) is 64.0 Å². The summed E-state index contributed by atoms with van der Waals surface area (Å²) in [7, 11) is 0. The summed E-state index contributed by atoms with van der Waals surface area (Å²) in [4.78, 5) is 26.9. The first-order chi connectivity index (χ1) is 22.4. The number of benzene rings is 2. The number of aryl methyl sites for hydroxylation is 1. The minimum atomic E-state index is -4.70. The monoisotopic (exact) mass is 714 g/mol. The molecule has 4 nitrogen and oxygen atoms in total. The van der Waals surface area contributed by atoms with Crippen molar-refractivity contribution >= 4 is 28.7 Å². The quantitative estimate of drug-likeness (QED) is 0.0580. The number of alkyl halides is 6. The number of ether oxygens (including phenoxy) is 1. The van der Waals surface area contributed by atoms with Gasteiger partial charge in [-0.25, -0.2) is 4.79 Å². The highest BCUT2D eigenvalue weighted by Gasteiger charge is 2.48. The number of carbonyl (C=O) groups is 1. The highest BCUT2D eigenvalue weighted by atomic mass is 32.2. The molecule has 272 valence electrons. The molecule has 0 fully saturated rings. The van der Waals surface area contributed by atoms with Crippen LogP contribution < -0.4 is 5.63 Å². The molecule has 0 amide bonds. The summed E-state index contributed by atoms with van der Waals surface area (Å²) in [5.74, 6) is -1.65. The number of hydrogen-bond acceptors (Lipinski definition) is 5. The van der Waals surface area contributed by atoms with Gasteiger partial charge >= 0.3 is 23.9 Å². The van der Waals surface area contributed by atoms with Crippen molar-refractivity contribution in [3.8, 4) is 11.1 Å². The summed E-state index contributed by atoms with van der Waals surface area (Å²) in [5, 5.41) is 0.361. The van der Waals surface area contributed by atoms with E-state index in [1.807, 2.05) is 48.5 Å². The molecule has 1 heterocycles. The largest absolute Gasteiger partial charge is 0.465 e. The fourth-order valence-electron chi connectivity index (χ4n) is 5.93. The summed E-state index contributed by atoms with van der Waals surface area (Å²) in [5.41, 5.74) is -3.45. The van der Waals surface area contributed by atoms with Gasteiger partial charge in [-0.05, 0) is 66.8 Å². The zero-order valence-corrected chi connectivity index (χ0v) is 30.4. The first kappa shape index (κ1) is 40.5. The van der Waals surface area contributed by atoms with Crippen molar-refractivity contribution in [1.29, 1.82) is 0 Å². The molecular weight excluding hydrogens is 666 g/mol. The summed E-state index contributed by atoms with van der Waals surface area (Å²) >= 11 is 1.08. The van der Waals surface area contributed by atoms with Crippen LogP contribution in [0.4, 0.5) is 26.3 Å². The molecule has 0 radical (unpaired) electrons. The van der Waals surface area contributed by atoms with Crippen LogP contribution in [0.3, 0.4) is 0 Å². The number of halogens is 6. The van der Waals surface area contributed by atoms with Crippen molar-refractivity contribution in [1.82, 2.24) is 0 Å². The van der Waals surface area contributed by atoms with E-state index in [-0.39, 0.29) is 27.9 Å². The maximum atomic E-state index is 14.1. The Hall–Kier alpha value is -2.95. The standard InChI is InChI=1S/C38H48F6O4S/c1-9-10-11-12-24-13-16-28(30(17-24)38(42,43)44)29-18-26-14-15-27(19-31(26)48-32(29)45)49-22-25(20-37(39,40)41)21-47-33(46)36(8,35(5,6)7)23-34(2,3)4/h13-19,25H,9-12,20-23H2,1-8H3. The van der Waals surface area contributed by atoms with E-state index in [1.54, 1.807) is 25.1 Å². The molecule has 2 aromatic carbocycles. The number of esters is 1. The van der Waals surface area contributed by atoms with Crippen LogP contribution in [-0.2, 0) is 22.1 Å². The molecule has 0 bridgehead atoms. The summed E-state index contributed by atoms with van der Waals surface area (Å²) in [6.45, 7) is 15.1. The van der Waals surface area contributed by atoms with Crippen LogP contribution in [0.25, 0.3) is 22.1 Å². The van der Waals surface area contributed by atoms with Crippen LogP contribution in [0.15, 0.2) is 56.6 Å². The molecule has 0 N–H and O–H groups in total. The molecule has 11 heteroatoms. The maximum absolute atomic E-state index is 14.1. The van der Waals surface area contributed by atoms with Crippen LogP contribution in [0, 0.1) is 22.2 Å². The Balaban J connectivity index is 1.84. The molecule has 0 aliphatic carbocycles. The van der Waals surface area contributed by atoms with Gasteiger partial charge in [0.1, 0.15) is 5.58 Å². The highest BCUT2D eigenvalue weighted by molar-refractivity contribution is 7.99. The second kappa shape index (κ2) is 15.5. The number of carbonyl (C=O) groups excluding carboxylic acids is 1. The normalized spacial score (nSPS) is 14.9. The smallest absolute Gasteiger partial charge is 0.417 e. The maximum Gasteiger partial charge on any atom is 0.417 e. The van der Waals surface area contributed by atoms with Crippen LogP contribution >= 0.6 is 11.8 Å². The highest BCUT2D eigenvalue weighted by Crippen LogP contribution is 2.47. The van der Waals surface area contributed by atoms with Gasteiger partial charge in [0, 0.05) is 27.5 Å². The van der Waals surface area contributed by atoms with Crippen LogP contribution in [0.5, 0.6) is 0 Å². The molecule has 3 rings (SSSR count). The predicted molar refractivity (Wildman–Crippen MR) is 184 cm³/mol. The number of unbranched alkanes of at least 4 members (excludes halogenated alkanes) is 2. The van der Waals surface area contributed by atoms with Crippen molar-refractivity contribution in [2.75, 3.05) is 12.4 Å². The number of fused-ring (bicyclic) bond motifs is 1. The summed E-state index contributed by atoms with van der Waals surface area (Å²) in [6, 6.07) is 9.94. The average Bonchev–Trinajstić information content (AvgIpc) is 2.95. The second-order valence-corrected chi connectivity index (χ2v) is 16.5. The zero-order chi connectivity index (χ0) is 37.0. The molecule has 0 aliphatic rings. The lowest BCUT2D eigenvalue weighted by Crippen LogP contribution is -2.44. The molecular formula is C38H48F6O4S. The molecule has 3 aromatic rings. The Kier molecular flexibility index (Phi) is 12.8. The Labute approximate surface area is 289 Å². The summed E-state index contributed by atoms with van der Waals surface area (Å²) < 4.78 is 94.0. The van der Waals surface area contributed by atoms with E-state index in [2.05, 4.69) is 0 Å². The molecule has 49 heavy (non-hydrogen) atoms. The topological polar surface area (TPSA) is 56.5 Å². The van der Waals surface area contributed by atoms with Gasteiger partial charge in [0.15, 0.2) is 0 Å². The van der Waals surface area contributed by atoms with Gasteiger partial charge in [-0.15, -0.1) is 11.8 Å². The Morgan fingerprint density at radius 2 is 1.55 bits per heavy atom. The number of thioether (sulfide) groups is 1. The van der Waals surface area contributed by atoms with E-state index in [1.165, 1.54) is 18.2 Å². The van der Waals surface area contributed by atoms with E-state index in [0.29, 0.717) is 28.7 Å². The number of hydrogen-bond donors (Lipinski definition) is 0. The van der Waals surface area contributed by atoms with E-state index in [9.17, 15) is 35.9 Å². The van der Waals surface area contributed by atoms with E-state index >= 15 is 0 Å². The molecule has 2 atom stereocenters. The Bertz CT molecular complexity index is 1650. The minimum absolute atomic E-state index is 0.0499. The average molecular weight is 715 g/mol. The van der Waals surface area contributed by atoms with Crippen molar-refractivity contribution in [2.24, 2.45) is 22.2 Å². The zero-order valence-electron chi connectivity index (χ0n) is 29.6. The fourth-order valence-corrected chi connectivity index (χ4v) is 6.93. The van der Waals surface area contributed by atoms with Gasteiger partial charge in [0.2, 0.25) is 0 Å². The predicted octanol–water partition coefficient (Wildman–Crippen LogP) is 11.9. The van der Waals surface area contributed by atoms with Gasteiger partial charge in [-0.3, -0.25) is 4.79 Å². The van der Waals surface area contributed by atoms with Gasteiger partial charge in [-0.2, -0.15) is 26.3 Å². The first-order valence-corrected chi connectivity index (χ1v) is 17.6. The molecule has 0 saturated carbocycles. The van der Waals surface area contributed by atoms with Crippen LogP contribution in [0.2, 0.25) is 0 Å². The van der Waals surface area contributed by atoms with E-state index < -0.39 is 59.3 Å². The lowest BCUT2D eigenvalue weighted by Gasteiger charge is -2.43. The third-order valence-corrected chi connectivity index (χ3v) is 10.1. The molecule has 0 aliphatic heterocycles. The first-order valence-electron chi connectivity index (χ1n) is 16.6. The second-order valence-electron chi connectivity index (χ2n) is 15.4. The fraction of sp³-hybridized carbons (Fsp3) is 0.579. The van der Waals surface area contributed by atoms with Gasteiger partial charge in [0.05, 0.1) is 29.6 Å². The third kappa shape index (κ3) is 11.3. The Morgan fingerprint density at radius 1 is 0.878 bits per heavy atom. The lowest BCUT2D eigenvalue weighted by atomic mass is 9.61. The van der Waals surface area contributed by atoms with Crippen molar-refractivity contribution < 1.29 is 40.3 Å².